The molecule has 0 unspecified atom stereocenters. The Bertz CT molecular complexity index is 453. The van der Waals surface area contributed by atoms with Gasteiger partial charge in [-0.05, 0) is 18.9 Å². The number of benzene rings is 1. The summed E-state index contributed by atoms with van der Waals surface area (Å²) in [4.78, 5) is 12.0. The van der Waals surface area contributed by atoms with E-state index in [0.29, 0.717) is 12.5 Å². The monoisotopic (exact) mass is 290 g/mol. The van der Waals surface area contributed by atoms with E-state index >= 15 is 0 Å². The van der Waals surface area contributed by atoms with Gasteiger partial charge in [0.1, 0.15) is 0 Å². The summed E-state index contributed by atoms with van der Waals surface area (Å²) in [5, 5.41) is 6.00. The van der Waals surface area contributed by atoms with Crippen LogP contribution in [0.4, 0.5) is 4.79 Å². The smallest absolute Gasteiger partial charge is 0.315 e. The molecule has 2 atom stereocenters. The molecule has 0 spiro atoms. The minimum absolute atomic E-state index is 0.0414. The molecule has 1 aliphatic rings. The van der Waals surface area contributed by atoms with E-state index in [1.807, 2.05) is 25.1 Å². The van der Waals surface area contributed by atoms with Crippen molar-refractivity contribution in [3.8, 4) is 0 Å². The summed E-state index contributed by atoms with van der Waals surface area (Å²) in [6.45, 7) is 8.60. The highest BCUT2D eigenvalue weighted by atomic mass is 16.5. The van der Waals surface area contributed by atoms with E-state index in [1.54, 1.807) is 0 Å². The van der Waals surface area contributed by atoms with E-state index in [0.717, 1.165) is 19.6 Å². The van der Waals surface area contributed by atoms with Gasteiger partial charge in [-0.15, -0.1) is 0 Å². The number of amides is 2. The summed E-state index contributed by atoms with van der Waals surface area (Å²) in [6, 6.07) is 10.2. The summed E-state index contributed by atoms with van der Waals surface area (Å²) >= 11 is 0. The Morgan fingerprint density at radius 3 is 2.71 bits per heavy atom. The molecule has 0 aliphatic carbocycles. The molecule has 1 aromatic carbocycles. The number of carbonyl (C=O) groups is 1. The molecule has 0 aromatic heterocycles. The Kier molecular flexibility index (Phi) is 5.23. The Balaban J connectivity index is 1.84. The number of rotatable bonds is 5. The van der Waals surface area contributed by atoms with Crippen molar-refractivity contribution < 1.29 is 9.53 Å². The van der Waals surface area contributed by atoms with Crippen molar-refractivity contribution in [3.63, 3.8) is 0 Å². The van der Waals surface area contributed by atoms with Gasteiger partial charge in [0.25, 0.3) is 0 Å². The number of ether oxygens (including phenoxy) is 1. The van der Waals surface area contributed by atoms with Crippen LogP contribution in [0.3, 0.4) is 0 Å². The second kappa shape index (κ2) is 6.94. The average molecular weight is 290 g/mol. The third kappa shape index (κ3) is 4.21. The van der Waals surface area contributed by atoms with Gasteiger partial charge in [-0.3, -0.25) is 0 Å². The molecule has 4 heteroatoms. The van der Waals surface area contributed by atoms with Gasteiger partial charge < -0.3 is 15.4 Å². The number of hydrogen-bond acceptors (Lipinski definition) is 2. The fraction of sp³-hybridized carbons (Fsp3) is 0.588. The molecule has 1 saturated heterocycles. The van der Waals surface area contributed by atoms with Crippen LogP contribution in [0.1, 0.15) is 32.8 Å². The highest BCUT2D eigenvalue weighted by molar-refractivity contribution is 5.74. The number of nitrogens with one attached hydrogen (secondary N) is 2. The molecular weight excluding hydrogens is 264 g/mol. The standard InChI is InChI=1S/C17H26N2O2/c1-13(17(2,3)15-7-5-4-6-8-15)19-16(20)18-11-14-9-10-21-12-14/h4-8,13-14H,9-12H2,1-3H3,(H2,18,19,20)/t13-,14-/m0/s1. The third-order valence-electron chi connectivity index (χ3n) is 4.52. The van der Waals surface area contributed by atoms with Crippen molar-refractivity contribution in [3.05, 3.63) is 35.9 Å². The van der Waals surface area contributed by atoms with Gasteiger partial charge in [0.05, 0.1) is 6.61 Å². The maximum Gasteiger partial charge on any atom is 0.315 e. The molecule has 1 aliphatic heterocycles. The number of carbonyl (C=O) groups excluding carboxylic acids is 1. The molecule has 1 aromatic rings. The normalized spacial score (nSPS) is 20.0. The Labute approximate surface area is 127 Å². The minimum Gasteiger partial charge on any atom is -0.381 e. The van der Waals surface area contributed by atoms with Gasteiger partial charge in [0.2, 0.25) is 0 Å². The van der Waals surface area contributed by atoms with Crippen molar-refractivity contribution >= 4 is 6.03 Å². The largest absolute Gasteiger partial charge is 0.381 e. The van der Waals surface area contributed by atoms with E-state index in [4.69, 9.17) is 4.74 Å². The molecular formula is C17H26N2O2. The molecule has 0 saturated carbocycles. The molecule has 21 heavy (non-hydrogen) atoms. The predicted octanol–water partition coefficient (Wildman–Crippen LogP) is 2.69. The van der Waals surface area contributed by atoms with Gasteiger partial charge in [-0.25, -0.2) is 4.79 Å². The molecule has 1 heterocycles. The van der Waals surface area contributed by atoms with Gasteiger partial charge in [0.15, 0.2) is 0 Å². The van der Waals surface area contributed by atoms with Crippen LogP contribution in [0.25, 0.3) is 0 Å². The highest BCUT2D eigenvalue weighted by Gasteiger charge is 2.29. The fourth-order valence-corrected chi connectivity index (χ4v) is 2.53. The zero-order chi connectivity index (χ0) is 15.3. The lowest BCUT2D eigenvalue weighted by Crippen LogP contribution is -2.49. The molecule has 0 radical (unpaired) electrons. The van der Waals surface area contributed by atoms with E-state index < -0.39 is 0 Å². The molecule has 4 nitrogen and oxygen atoms in total. The lowest BCUT2D eigenvalue weighted by atomic mass is 9.78. The van der Waals surface area contributed by atoms with E-state index in [-0.39, 0.29) is 17.5 Å². The van der Waals surface area contributed by atoms with Crippen LogP contribution in [-0.4, -0.2) is 31.8 Å². The van der Waals surface area contributed by atoms with Crippen molar-refractivity contribution in [1.82, 2.24) is 10.6 Å². The first-order chi connectivity index (χ1) is 10.00. The van der Waals surface area contributed by atoms with Crippen molar-refractivity contribution in [2.45, 2.75) is 38.6 Å². The summed E-state index contributed by atoms with van der Waals surface area (Å²) in [5.74, 6) is 0.452. The molecule has 1 fully saturated rings. The first kappa shape index (κ1) is 15.8. The van der Waals surface area contributed by atoms with Gasteiger partial charge in [0, 0.05) is 30.5 Å². The van der Waals surface area contributed by atoms with Crippen molar-refractivity contribution in [2.24, 2.45) is 5.92 Å². The first-order valence-electron chi connectivity index (χ1n) is 7.68. The van der Waals surface area contributed by atoms with Crippen LogP contribution in [0, 0.1) is 5.92 Å². The topological polar surface area (TPSA) is 50.4 Å². The second-order valence-electron chi connectivity index (χ2n) is 6.39. The fourth-order valence-electron chi connectivity index (χ4n) is 2.53. The molecule has 0 bridgehead atoms. The Hall–Kier alpha value is -1.55. The maximum atomic E-state index is 12.0. The zero-order valence-corrected chi connectivity index (χ0v) is 13.2. The molecule has 2 rings (SSSR count). The van der Waals surface area contributed by atoms with Gasteiger partial charge in [-0.2, -0.15) is 0 Å². The number of hydrogen-bond donors (Lipinski definition) is 2. The summed E-state index contributed by atoms with van der Waals surface area (Å²) in [7, 11) is 0. The Morgan fingerprint density at radius 1 is 1.38 bits per heavy atom. The van der Waals surface area contributed by atoms with Crippen LogP contribution >= 0.6 is 0 Å². The van der Waals surface area contributed by atoms with Crippen LogP contribution < -0.4 is 10.6 Å². The molecule has 2 N–H and O–H groups in total. The summed E-state index contributed by atoms with van der Waals surface area (Å²) in [5.41, 5.74) is 1.11. The predicted molar refractivity (Wildman–Crippen MR) is 84.4 cm³/mol. The summed E-state index contributed by atoms with van der Waals surface area (Å²) in [6.07, 6.45) is 1.03. The third-order valence-corrected chi connectivity index (χ3v) is 4.52. The van der Waals surface area contributed by atoms with Gasteiger partial charge >= 0.3 is 6.03 Å². The van der Waals surface area contributed by atoms with Crippen LogP contribution in [0.2, 0.25) is 0 Å². The van der Waals surface area contributed by atoms with Crippen molar-refractivity contribution in [1.29, 1.82) is 0 Å². The van der Waals surface area contributed by atoms with Crippen LogP contribution in [-0.2, 0) is 10.2 Å². The SMILES string of the molecule is C[C@H](NC(=O)NC[C@@H]1CCOC1)C(C)(C)c1ccccc1. The maximum absolute atomic E-state index is 12.0. The van der Waals surface area contributed by atoms with Crippen LogP contribution in [0.5, 0.6) is 0 Å². The Morgan fingerprint density at radius 2 is 2.10 bits per heavy atom. The van der Waals surface area contributed by atoms with Crippen molar-refractivity contribution in [2.75, 3.05) is 19.8 Å². The van der Waals surface area contributed by atoms with Crippen LogP contribution in [0.15, 0.2) is 30.3 Å². The zero-order valence-electron chi connectivity index (χ0n) is 13.2. The highest BCUT2D eigenvalue weighted by Crippen LogP contribution is 2.26. The first-order valence-corrected chi connectivity index (χ1v) is 7.68. The quantitative estimate of drug-likeness (QED) is 0.876. The van der Waals surface area contributed by atoms with Gasteiger partial charge in [-0.1, -0.05) is 44.2 Å². The average Bonchev–Trinajstić information content (AvgIpc) is 2.99. The summed E-state index contributed by atoms with van der Waals surface area (Å²) < 4.78 is 5.31. The van der Waals surface area contributed by atoms with E-state index in [9.17, 15) is 4.79 Å². The number of urea groups is 1. The lowest BCUT2D eigenvalue weighted by molar-refractivity contribution is 0.184. The van der Waals surface area contributed by atoms with E-state index in [2.05, 4.69) is 36.6 Å². The molecule has 2 amide bonds. The minimum atomic E-state index is -0.116. The van der Waals surface area contributed by atoms with E-state index in [1.165, 1.54) is 5.56 Å². The second-order valence-corrected chi connectivity index (χ2v) is 6.39. The molecule has 116 valence electrons. The lowest BCUT2D eigenvalue weighted by Gasteiger charge is -2.33.